The van der Waals surface area contributed by atoms with Crippen molar-refractivity contribution in [2.45, 2.75) is 0 Å². The van der Waals surface area contributed by atoms with Crippen LogP contribution in [0.25, 0.3) is 17.4 Å². The van der Waals surface area contributed by atoms with Crippen molar-refractivity contribution in [3.05, 3.63) is 80.9 Å². The molecule has 1 saturated heterocycles. The molecule has 2 aromatic carbocycles. The van der Waals surface area contributed by atoms with Gasteiger partial charge in [-0.15, -0.1) is 0 Å². The number of benzene rings is 2. The Balaban J connectivity index is 1.50. The summed E-state index contributed by atoms with van der Waals surface area (Å²) in [5, 5.41) is 2.05. The summed E-state index contributed by atoms with van der Waals surface area (Å²) >= 11 is 18.6. The van der Waals surface area contributed by atoms with Crippen molar-refractivity contribution in [1.82, 2.24) is 10.4 Å². The first-order chi connectivity index (χ1) is 15.4. The zero-order valence-electron chi connectivity index (χ0n) is 16.4. The van der Waals surface area contributed by atoms with Crippen molar-refractivity contribution in [3.8, 4) is 17.1 Å². The van der Waals surface area contributed by atoms with Crippen LogP contribution in [0.5, 0.6) is 5.75 Å². The van der Waals surface area contributed by atoms with Gasteiger partial charge in [0.15, 0.2) is 4.32 Å². The lowest BCUT2D eigenvalue weighted by atomic mass is 10.2. The molecule has 1 fully saturated rings. The predicted octanol–water partition coefficient (Wildman–Crippen LogP) is 5.81. The quantitative estimate of drug-likeness (QED) is 0.349. The number of amides is 2. The van der Waals surface area contributed by atoms with E-state index < -0.39 is 11.8 Å². The summed E-state index contributed by atoms with van der Waals surface area (Å²) in [6.45, 7) is 0. The van der Waals surface area contributed by atoms with Crippen molar-refractivity contribution >= 4 is 69.4 Å². The van der Waals surface area contributed by atoms with Crippen LogP contribution in [-0.2, 0) is 4.79 Å². The predicted molar refractivity (Wildman–Crippen MR) is 130 cm³/mol. The molecule has 1 aromatic heterocycles. The Morgan fingerprint density at radius 2 is 1.91 bits per heavy atom. The number of thiocarbonyl (C=S) groups is 1. The zero-order valence-corrected chi connectivity index (χ0v) is 19.6. The fraction of sp³-hybridized carbons (Fsp3) is 0.0455. The van der Waals surface area contributed by atoms with Crippen molar-refractivity contribution in [2.75, 3.05) is 7.11 Å². The van der Waals surface area contributed by atoms with Gasteiger partial charge in [-0.1, -0.05) is 35.0 Å². The summed E-state index contributed by atoms with van der Waals surface area (Å²) in [7, 11) is 1.53. The average molecular weight is 505 g/mol. The normalized spacial score (nSPS) is 14.8. The molecule has 0 saturated carbocycles. The molecule has 0 unspecified atom stereocenters. The fourth-order valence-electron chi connectivity index (χ4n) is 2.86. The highest BCUT2D eigenvalue weighted by atomic mass is 35.5. The number of furan rings is 1. The average Bonchev–Trinajstić information content (AvgIpc) is 3.35. The van der Waals surface area contributed by atoms with Gasteiger partial charge in [-0.2, -0.15) is 5.01 Å². The number of ether oxygens (including phenoxy) is 1. The molecular weight excluding hydrogens is 491 g/mol. The monoisotopic (exact) mass is 504 g/mol. The van der Waals surface area contributed by atoms with Gasteiger partial charge in [-0.3, -0.25) is 15.0 Å². The zero-order chi connectivity index (χ0) is 22.8. The molecular formula is C22H14Cl2N2O4S2. The summed E-state index contributed by atoms with van der Waals surface area (Å²) in [6.07, 6.45) is 1.56. The third-order valence-electron chi connectivity index (χ3n) is 4.45. The molecule has 2 amide bonds. The Bertz CT molecular complexity index is 1260. The fourth-order valence-corrected chi connectivity index (χ4v) is 4.41. The third kappa shape index (κ3) is 4.68. The van der Waals surface area contributed by atoms with Crippen LogP contribution < -0.4 is 10.2 Å². The first-order valence-electron chi connectivity index (χ1n) is 9.14. The van der Waals surface area contributed by atoms with Gasteiger partial charge >= 0.3 is 0 Å². The summed E-state index contributed by atoms with van der Waals surface area (Å²) < 4.78 is 11.1. The summed E-state index contributed by atoms with van der Waals surface area (Å²) in [5.41, 5.74) is 3.53. The van der Waals surface area contributed by atoms with Gasteiger partial charge < -0.3 is 9.15 Å². The van der Waals surface area contributed by atoms with Crippen LogP contribution in [0.1, 0.15) is 16.1 Å². The van der Waals surface area contributed by atoms with Crippen LogP contribution in [0.15, 0.2) is 63.9 Å². The SMILES string of the molecule is COc1ccc(C(=O)NN2C(=O)/C(=C\c3ccc(-c4cc(Cl)ccc4Cl)o3)SC2=S)cc1. The first kappa shape index (κ1) is 22.4. The number of halogens is 2. The van der Waals surface area contributed by atoms with E-state index in [-0.39, 0.29) is 4.32 Å². The smallest absolute Gasteiger partial charge is 0.285 e. The maximum absolute atomic E-state index is 12.8. The molecule has 1 N–H and O–H groups in total. The Morgan fingerprint density at radius 1 is 1.16 bits per heavy atom. The standard InChI is InChI=1S/C22H14Cl2N2O4S2/c1-29-14-5-2-12(3-6-14)20(27)25-26-21(28)19(32-22(26)31)11-15-7-9-18(30-15)16-10-13(23)4-8-17(16)24/h2-11H,1H3,(H,25,27)/b19-11+. The summed E-state index contributed by atoms with van der Waals surface area (Å²) in [4.78, 5) is 25.6. The van der Waals surface area contributed by atoms with Crippen LogP contribution in [0.4, 0.5) is 0 Å². The van der Waals surface area contributed by atoms with Crippen LogP contribution in [0.3, 0.4) is 0 Å². The number of carbonyl (C=O) groups excluding carboxylic acids is 2. The lowest BCUT2D eigenvalue weighted by Crippen LogP contribution is -2.44. The number of hydrogen-bond acceptors (Lipinski definition) is 6. The second-order valence-corrected chi connectivity index (χ2v) is 9.03. The van der Waals surface area contributed by atoms with Crippen LogP contribution in [0.2, 0.25) is 10.0 Å². The topological polar surface area (TPSA) is 71.8 Å². The van der Waals surface area contributed by atoms with Crippen LogP contribution in [-0.4, -0.2) is 28.3 Å². The van der Waals surface area contributed by atoms with E-state index in [1.54, 1.807) is 60.7 Å². The van der Waals surface area contributed by atoms with Gasteiger partial charge in [0, 0.05) is 22.2 Å². The largest absolute Gasteiger partial charge is 0.497 e. The van der Waals surface area contributed by atoms with Crippen molar-refractivity contribution in [1.29, 1.82) is 0 Å². The molecule has 4 rings (SSSR count). The number of carbonyl (C=O) groups is 2. The number of methoxy groups -OCH3 is 1. The van der Waals surface area contributed by atoms with E-state index in [9.17, 15) is 9.59 Å². The molecule has 0 atom stereocenters. The molecule has 0 bridgehead atoms. The molecule has 2 heterocycles. The van der Waals surface area contributed by atoms with E-state index in [1.807, 2.05) is 0 Å². The summed E-state index contributed by atoms with van der Waals surface area (Å²) in [6, 6.07) is 15.0. The lowest BCUT2D eigenvalue weighted by molar-refractivity contribution is -0.123. The number of nitrogens with one attached hydrogen (secondary N) is 1. The maximum atomic E-state index is 12.8. The Labute approximate surface area is 203 Å². The molecule has 32 heavy (non-hydrogen) atoms. The highest BCUT2D eigenvalue weighted by Crippen LogP contribution is 2.35. The highest BCUT2D eigenvalue weighted by Gasteiger charge is 2.34. The van der Waals surface area contributed by atoms with Gasteiger partial charge in [0.1, 0.15) is 17.3 Å². The van der Waals surface area contributed by atoms with E-state index >= 15 is 0 Å². The minimum Gasteiger partial charge on any atom is -0.497 e. The second kappa shape index (κ2) is 9.38. The minimum absolute atomic E-state index is 0.202. The van der Waals surface area contributed by atoms with E-state index in [1.165, 1.54) is 7.11 Å². The van der Waals surface area contributed by atoms with E-state index in [2.05, 4.69) is 5.43 Å². The number of rotatable bonds is 5. The van der Waals surface area contributed by atoms with E-state index in [0.717, 1.165) is 16.8 Å². The molecule has 6 nitrogen and oxygen atoms in total. The maximum Gasteiger partial charge on any atom is 0.285 e. The number of hydrazine groups is 1. The number of thioether (sulfide) groups is 1. The van der Waals surface area contributed by atoms with Gasteiger partial charge in [0.25, 0.3) is 11.8 Å². The van der Waals surface area contributed by atoms with Crippen LogP contribution in [0, 0.1) is 0 Å². The van der Waals surface area contributed by atoms with Crippen molar-refractivity contribution < 1.29 is 18.7 Å². The molecule has 1 aliphatic rings. The highest BCUT2D eigenvalue weighted by molar-refractivity contribution is 8.26. The van der Waals surface area contributed by atoms with Crippen molar-refractivity contribution in [3.63, 3.8) is 0 Å². The van der Waals surface area contributed by atoms with Gasteiger partial charge in [0.05, 0.1) is 17.0 Å². The molecule has 162 valence electrons. The minimum atomic E-state index is -0.471. The molecule has 3 aromatic rings. The van der Waals surface area contributed by atoms with Gasteiger partial charge in [-0.25, -0.2) is 0 Å². The molecule has 0 aliphatic carbocycles. The van der Waals surface area contributed by atoms with Gasteiger partial charge in [-0.05, 0) is 66.8 Å². The Kier molecular flexibility index (Phi) is 6.57. The van der Waals surface area contributed by atoms with Gasteiger partial charge in [0.2, 0.25) is 0 Å². The third-order valence-corrected chi connectivity index (χ3v) is 6.32. The molecule has 1 aliphatic heterocycles. The Morgan fingerprint density at radius 3 is 2.62 bits per heavy atom. The lowest BCUT2D eigenvalue weighted by Gasteiger charge is -2.15. The number of hydrogen-bond donors (Lipinski definition) is 1. The molecule has 10 heteroatoms. The van der Waals surface area contributed by atoms with E-state index in [4.69, 9.17) is 44.6 Å². The Hall–Kier alpha value is -2.78. The van der Waals surface area contributed by atoms with E-state index in [0.29, 0.717) is 43.3 Å². The molecule has 0 radical (unpaired) electrons. The van der Waals surface area contributed by atoms with Crippen LogP contribution >= 0.6 is 47.2 Å². The van der Waals surface area contributed by atoms with Crippen molar-refractivity contribution in [2.24, 2.45) is 0 Å². The number of nitrogens with zero attached hydrogens (tertiary/aromatic N) is 1. The summed E-state index contributed by atoms with van der Waals surface area (Å²) in [5.74, 6) is 0.624. The first-order valence-corrected chi connectivity index (χ1v) is 11.1. The molecule has 0 spiro atoms. The second-order valence-electron chi connectivity index (χ2n) is 6.51.